The number of aromatic nitrogens is 4. The molecule has 7 aromatic carbocycles. The highest BCUT2D eigenvalue weighted by atomic mass is 79.9. The van der Waals surface area contributed by atoms with Gasteiger partial charge in [-0.05, 0) is 203 Å². The summed E-state index contributed by atoms with van der Waals surface area (Å²) in [5.74, 6) is -3.73. The summed E-state index contributed by atoms with van der Waals surface area (Å²) in [7, 11) is 8.71. The lowest BCUT2D eigenvalue weighted by atomic mass is 9.97. The molecule has 0 unspecified atom stereocenters. The fourth-order valence-corrected chi connectivity index (χ4v) is 13.6. The van der Waals surface area contributed by atoms with Crippen molar-refractivity contribution in [3.8, 4) is 78.7 Å². The lowest BCUT2D eigenvalue weighted by Gasteiger charge is -2.10. The average molecular weight is 1700 g/mol. The quantitative estimate of drug-likeness (QED) is 0.0303. The highest BCUT2D eigenvalue weighted by Gasteiger charge is 2.30. The van der Waals surface area contributed by atoms with Crippen molar-refractivity contribution in [2.75, 3.05) is 42.4 Å². The molecule has 0 atom stereocenters. The van der Waals surface area contributed by atoms with Crippen LogP contribution in [0.5, 0.6) is 0 Å². The number of nitrogens with zero attached hydrogens (tertiary/aromatic N) is 4. The minimum Gasteiger partial charge on any atom is -0.478 e. The van der Waals surface area contributed by atoms with Crippen LogP contribution in [0.2, 0.25) is 10.3 Å². The molecule has 8 aromatic heterocycles. The van der Waals surface area contributed by atoms with Gasteiger partial charge < -0.3 is 53.5 Å². The molecule has 0 aliphatic carbocycles. The molecule has 4 amide bonds. The Balaban J connectivity index is 0.000000146. The third-order valence-electron chi connectivity index (χ3n) is 18.6. The first kappa shape index (κ1) is 83.8. The molecule has 15 rings (SSSR count). The zero-order chi connectivity index (χ0) is 84.3. The van der Waals surface area contributed by atoms with Crippen LogP contribution in [0.15, 0.2) is 216 Å². The van der Waals surface area contributed by atoms with E-state index in [-0.39, 0.29) is 68.0 Å². The van der Waals surface area contributed by atoms with Gasteiger partial charge in [0.05, 0.1) is 90.6 Å². The summed E-state index contributed by atoms with van der Waals surface area (Å²) >= 11 is 15.6. The van der Waals surface area contributed by atoms with Crippen LogP contribution in [0.25, 0.3) is 123 Å². The largest absolute Gasteiger partial charge is 0.478 e. The van der Waals surface area contributed by atoms with E-state index in [1.54, 1.807) is 91.0 Å². The Hall–Kier alpha value is -13.6. The van der Waals surface area contributed by atoms with E-state index in [0.29, 0.717) is 134 Å². The number of nitrogens with one attached hydrogen (secondary N) is 4. The van der Waals surface area contributed by atoms with E-state index in [9.17, 15) is 56.2 Å². The summed E-state index contributed by atoms with van der Waals surface area (Å²) in [6.45, 7) is 4.06. The van der Waals surface area contributed by atoms with Gasteiger partial charge in [-0.2, -0.15) is 4.98 Å². The van der Waals surface area contributed by atoms with Gasteiger partial charge in [0, 0.05) is 67.1 Å². The van der Waals surface area contributed by atoms with Crippen molar-refractivity contribution in [3.05, 3.63) is 283 Å². The minimum atomic E-state index is -1.02. The third-order valence-corrected chi connectivity index (χ3v) is 20.0. The van der Waals surface area contributed by atoms with E-state index in [1.165, 1.54) is 121 Å². The number of rotatable bonds is 18. The third kappa shape index (κ3) is 17.9. The SMILES string of the molecule is CCCc1nc2oc(-c3ccc(F)cc3)c(C(=O)NC)c2cc1-c1cccc(C(=O)O)c1.CCCc1nc2oc(-c3ccc(F)cc3)c(C(=O)NC)c2cc1-c1cccc(C(=O)OC)c1.CNC(=O)c1c(-c2ccc(F)cc2)oc2nc(Cl)c(-c3cccc(C(=O)OC)c3)cc12.CNC(=O)c1c(-c2ccc(F)cc2)oc2nc(Cl)c(Br)cc12. The number of carbonyl (C=O) groups is 7. The maximum absolute atomic E-state index is 13.5. The number of aromatic carboxylic acids is 1. The van der Waals surface area contributed by atoms with Crippen LogP contribution in [-0.2, 0) is 22.3 Å². The number of furan rings is 4. The Labute approximate surface area is 688 Å². The Morgan fingerprint density at radius 3 is 0.966 bits per heavy atom. The molecular weight excluding hydrogens is 1630 g/mol. The molecule has 29 heteroatoms. The first-order valence-electron chi connectivity index (χ1n) is 36.3. The maximum atomic E-state index is 13.5. The number of amides is 4. The van der Waals surface area contributed by atoms with Crippen LogP contribution in [-0.4, -0.2) is 109 Å². The molecule has 598 valence electrons. The monoisotopic (exact) mass is 1700 g/mol. The molecule has 0 radical (unpaired) electrons. The van der Waals surface area contributed by atoms with E-state index in [0.717, 1.165) is 40.9 Å². The van der Waals surface area contributed by atoms with Crippen molar-refractivity contribution < 1.29 is 83.4 Å². The van der Waals surface area contributed by atoms with Gasteiger partial charge in [0.1, 0.15) is 56.6 Å². The molecular formula is C89H69BrCl2F4N8O14. The van der Waals surface area contributed by atoms with E-state index < -0.39 is 35.4 Å². The second kappa shape index (κ2) is 36.9. The first-order valence-corrected chi connectivity index (χ1v) is 37.9. The normalized spacial score (nSPS) is 10.9. The van der Waals surface area contributed by atoms with Crippen LogP contribution in [0, 0.1) is 23.3 Å². The number of pyridine rings is 4. The smallest absolute Gasteiger partial charge is 0.337 e. The van der Waals surface area contributed by atoms with Gasteiger partial charge in [-0.15, -0.1) is 0 Å². The summed E-state index contributed by atoms with van der Waals surface area (Å²) in [6.07, 6.45) is 2.98. The lowest BCUT2D eigenvalue weighted by Crippen LogP contribution is -2.18. The molecule has 22 nitrogen and oxygen atoms in total. The molecule has 0 aliphatic heterocycles. The van der Waals surface area contributed by atoms with E-state index in [4.69, 9.17) is 55.3 Å². The number of benzene rings is 7. The molecule has 0 saturated carbocycles. The van der Waals surface area contributed by atoms with Crippen LogP contribution in [0.1, 0.15) is 111 Å². The number of methoxy groups -OCH3 is 2. The first-order chi connectivity index (χ1) is 56.8. The summed E-state index contributed by atoms with van der Waals surface area (Å²) in [5.41, 5.74) is 11.0. The van der Waals surface area contributed by atoms with Crippen molar-refractivity contribution in [2.24, 2.45) is 0 Å². The van der Waals surface area contributed by atoms with Crippen LogP contribution in [0.4, 0.5) is 17.6 Å². The van der Waals surface area contributed by atoms with Crippen LogP contribution >= 0.6 is 39.1 Å². The molecule has 15 aromatic rings. The van der Waals surface area contributed by atoms with Gasteiger partial charge in [0.2, 0.25) is 22.9 Å². The van der Waals surface area contributed by atoms with E-state index in [2.05, 4.69) is 52.1 Å². The number of carboxylic acid groups (broad SMARTS) is 1. The molecule has 0 aliphatic rings. The molecule has 0 bridgehead atoms. The molecule has 0 saturated heterocycles. The number of aryl methyl sites for hydroxylation is 2. The number of esters is 2. The number of fused-ring (bicyclic) bond motifs is 4. The van der Waals surface area contributed by atoms with Crippen molar-refractivity contribution in [3.63, 3.8) is 0 Å². The van der Waals surface area contributed by atoms with Gasteiger partial charge in [0.15, 0.2) is 0 Å². The molecule has 8 heterocycles. The number of carbonyl (C=O) groups excluding carboxylic acids is 6. The summed E-state index contributed by atoms with van der Waals surface area (Å²) < 4.78 is 87.1. The number of hydrogen-bond donors (Lipinski definition) is 5. The lowest BCUT2D eigenvalue weighted by molar-refractivity contribution is 0.0592. The highest BCUT2D eigenvalue weighted by molar-refractivity contribution is 9.10. The maximum Gasteiger partial charge on any atom is 0.337 e. The fourth-order valence-electron chi connectivity index (χ4n) is 13.0. The topological polar surface area (TPSA) is 310 Å². The highest BCUT2D eigenvalue weighted by Crippen LogP contribution is 2.43. The summed E-state index contributed by atoms with van der Waals surface area (Å²) in [6, 6.07) is 50.1. The Kier molecular flexibility index (Phi) is 26.2. The van der Waals surface area contributed by atoms with Gasteiger partial charge in [-0.25, -0.2) is 46.9 Å². The summed E-state index contributed by atoms with van der Waals surface area (Å²) in [4.78, 5) is 104. The second-order valence-corrected chi connectivity index (χ2v) is 27.6. The predicted molar refractivity (Wildman–Crippen MR) is 443 cm³/mol. The average Bonchev–Trinajstić information content (AvgIpc) is 1.62. The van der Waals surface area contributed by atoms with E-state index >= 15 is 0 Å². The second-order valence-electron chi connectivity index (χ2n) is 26.1. The van der Waals surface area contributed by atoms with Gasteiger partial charge in [-0.3, -0.25) is 19.2 Å². The number of ether oxygens (including phenoxy) is 2. The molecule has 0 spiro atoms. The predicted octanol–water partition coefficient (Wildman–Crippen LogP) is 20.2. The standard InChI is InChI=1S/C26H23FN2O4.C25H21FN2O4.C23H16ClFN2O4.C15H9BrClFN2O2/c1-4-6-21-19(16-7-5-8-17(13-16)26(31)32-3)14-20-22(24(30)28-2)23(33-25(20)29-21)15-9-11-18(27)12-10-15;1-3-5-20-18(15-6-4-7-16(12-15)25(30)31)13-19-21(23(29)27-2)22(32-24(19)28-20)14-8-10-17(26)11-9-14;1-26-21(28)18-17-11-16(13-4-3-5-14(10-13)23(29)30-2)20(24)27-22(17)31-19(18)12-6-8-15(25)9-7-12;1-19-14(21)11-9-6-10(16)13(17)20-15(9)22-12(11)7-2-4-8(18)5-3-7/h5,7-14H,4,6H2,1-3H3,(H,28,30);4,6-13H,3,5H2,1-2H3,(H,27,29)(H,30,31);3-11H,1-2H3,(H,26,28);2-6H,1H3,(H,19,21). The van der Waals surface area contributed by atoms with Crippen molar-refractivity contribution in [1.82, 2.24) is 41.2 Å². The van der Waals surface area contributed by atoms with Crippen molar-refractivity contribution >= 4 is 125 Å². The van der Waals surface area contributed by atoms with Gasteiger partial charge in [0.25, 0.3) is 23.6 Å². The van der Waals surface area contributed by atoms with Crippen LogP contribution < -0.4 is 21.3 Å². The number of hydrogen-bond acceptors (Lipinski definition) is 17. The Bertz CT molecular complexity index is 6390. The van der Waals surface area contributed by atoms with Crippen LogP contribution in [0.3, 0.4) is 0 Å². The number of halogens is 7. The fraction of sp³-hybridized carbons (Fsp3) is 0.135. The zero-order valence-electron chi connectivity index (χ0n) is 64.0. The van der Waals surface area contributed by atoms with E-state index in [1.807, 2.05) is 38.1 Å². The zero-order valence-corrected chi connectivity index (χ0v) is 67.1. The molecule has 118 heavy (non-hydrogen) atoms. The van der Waals surface area contributed by atoms with Gasteiger partial charge in [-0.1, -0.05) is 86.3 Å². The number of carboxylic acids is 1. The molecule has 5 N–H and O–H groups in total. The van der Waals surface area contributed by atoms with Gasteiger partial charge >= 0.3 is 17.9 Å². The van der Waals surface area contributed by atoms with Crippen molar-refractivity contribution in [1.29, 1.82) is 0 Å². The Morgan fingerprint density at radius 2 is 0.661 bits per heavy atom. The molecule has 0 fully saturated rings. The summed E-state index contributed by atoms with van der Waals surface area (Å²) in [5, 5.41) is 22.2. The minimum absolute atomic E-state index is 0.136. The Morgan fingerprint density at radius 1 is 0.381 bits per heavy atom. The van der Waals surface area contributed by atoms with Crippen molar-refractivity contribution in [2.45, 2.75) is 39.5 Å².